The van der Waals surface area contributed by atoms with Crippen LogP contribution in [-0.4, -0.2) is 29.2 Å². The summed E-state index contributed by atoms with van der Waals surface area (Å²) in [6.07, 6.45) is 4.46. The lowest BCUT2D eigenvalue weighted by Gasteiger charge is -2.14. The van der Waals surface area contributed by atoms with Gasteiger partial charge < -0.3 is 10.1 Å². The Labute approximate surface area is 122 Å². The fraction of sp³-hybridized carbons (Fsp3) is 0.750. The van der Waals surface area contributed by atoms with Crippen LogP contribution in [0.15, 0.2) is 0 Å². The molecule has 0 radical (unpaired) electrons. The van der Waals surface area contributed by atoms with E-state index < -0.39 is 0 Å². The molecule has 1 unspecified atom stereocenters. The predicted molar refractivity (Wildman–Crippen MR) is 80.9 cm³/mol. The summed E-state index contributed by atoms with van der Waals surface area (Å²) in [5, 5.41) is 3.45. The molecule has 1 aromatic rings. The van der Waals surface area contributed by atoms with Crippen LogP contribution >= 0.6 is 0 Å². The average molecular weight is 277 g/mol. The molecule has 0 spiro atoms. The third kappa shape index (κ3) is 4.00. The third-order valence-electron chi connectivity index (χ3n) is 3.81. The van der Waals surface area contributed by atoms with E-state index in [0.29, 0.717) is 6.04 Å². The lowest BCUT2D eigenvalue weighted by molar-refractivity contribution is 0.104. The zero-order valence-corrected chi connectivity index (χ0v) is 13.2. The topological polar surface area (TPSA) is 47.0 Å². The Morgan fingerprint density at radius 2 is 1.95 bits per heavy atom. The van der Waals surface area contributed by atoms with Crippen molar-refractivity contribution in [1.29, 1.82) is 0 Å². The number of aryl methyl sites for hydroxylation is 2. The van der Waals surface area contributed by atoms with Gasteiger partial charge >= 0.3 is 0 Å². The van der Waals surface area contributed by atoms with E-state index >= 15 is 0 Å². The van der Waals surface area contributed by atoms with Gasteiger partial charge in [0, 0.05) is 24.0 Å². The van der Waals surface area contributed by atoms with Crippen molar-refractivity contribution >= 4 is 0 Å². The number of nitrogens with one attached hydrogen (secondary N) is 1. The molecule has 1 fully saturated rings. The van der Waals surface area contributed by atoms with Crippen molar-refractivity contribution in [3.8, 4) is 0 Å². The summed E-state index contributed by atoms with van der Waals surface area (Å²) >= 11 is 0. The van der Waals surface area contributed by atoms with Crippen molar-refractivity contribution in [3.63, 3.8) is 0 Å². The molecule has 1 atom stereocenters. The van der Waals surface area contributed by atoms with Crippen LogP contribution in [0, 0.1) is 13.8 Å². The number of nitrogens with zero attached hydrogens (tertiary/aromatic N) is 2. The second kappa shape index (κ2) is 7.14. The minimum atomic E-state index is 0.115. The van der Waals surface area contributed by atoms with Gasteiger partial charge in [-0.25, -0.2) is 9.97 Å². The van der Waals surface area contributed by atoms with E-state index in [1.54, 1.807) is 0 Å². The predicted octanol–water partition coefficient (Wildman–Crippen LogP) is 2.88. The molecule has 1 aromatic heterocycles. The summed E-state index contributed by atoms with van der Waals surface area (Å²) in [6, 6.07) is 0.551. The van der Waals surface area contributed by atoms with Crippen LogP contribution < -0.4 is 5.32 Å². The minimum absolute atomic E-state index is 0.115. The van der Waals surface area contributed by atoms with E-state index in [9.17, 15) is 0 Å². The highest BCUT2D eigenvalue weighted by atomic mass is 16.5. The first-order valence-corrected chi connectivity index (χ1v) is 7.77. The highest BCUT2D eigenvalue weighted by Gasteiger charge is 2.21. The Bertz CT molecular complexity index is 416. The lowest BCUT2D eigenvalue weighted by Crippen LogP contribution is -2.24. The van der Waals surface area contributed by atoms with Crippen molar-refractivity contribution in [2.75, 3.05) is 13.2 Å². The maximum Gasteiger partial charge on any atom is 0.157 e. The maximum atomic E-state index is 5.68. The van der Waals surface area contributed by atoms with Crippen LogP contribution in [0.2, 0.25) is 0 Å². The van der Waals surface area contributed by atoms with Gasteiger partial charge in [-0.2, -0.15) is 0 Å². The molecular formula is C16H27N3O. The van der Waals surface area contributed by atoms with Gasteiger partial charge in [0.1, 0.15) is 6.10 Å². The minimum Gasteiger partial charge on any atom is -0.370 e. The molecule has 1 aliphatic heterocycles. The van der Waals surface area contributed by atoms with Crippen LogP contribution in [-0.2, 0) is 11.2 Å². The second-order valence-corrected chi connectivity index (χ2v) is 5.95. The van der Waals surface area contributed by atoms with E-state index in [0.717, 1.165) is 56.0 Å². The molecule has 2 rings (SSSR count). The number of hydrogen-bond acceptors (Lipinski definition) is 4. The second-order valence-electron chi connectivity index (χ2n) is 5.95. The van der Waals surface area contributed by atoms with Gasteiger partial charge in [-0.15, -0.1) is 0 Å². The van der Waals surface area contributed by atoms with E-state index in [-0.39, 0.29) is 6.10 Å². The van der Waals surface area contributed by atoms with Gasteiger partial charge in [0.05, 0.1) is 0 Å². The molecule has 4 nitrogen and oxygen atoms in total. The van der Waals surface area contributed by atoms with E-state index in [2.05, 4.69) is 43.0 Å². The fourth-order valence-electron chi connectivity index (χ4n) is 2.71. The Morgan fingerprint density at radius 3 is 2.50 bits per heavy atom. The summed E-state index contributed by atoms with van der Waals surface area (Å²) in [5.41, 5.74) is 3.54. The van der Waals surface area contributed by atoms with E-state index in [4.69, 9.17) is 4.74 Å². The number of aromatic nitrogens is 2. The molecule has 0 bridgehead atoms. The normalized spacial score (nSPS) is 18.9. The summed E-state index contributed by atoms with van der Waals surface area (Å²) in [7, 11) is 0. The molecule has 0 saturated carbocycles. The summed E-state index contributed by atoms with van der Waals surface area (Å²) < 4.78 is 5.68. The van der Waals surface area contributed by atoms with Crippen LogP contribution in [0.1, 0.15) is 62.0 Å². The lowest BCUT2D eigenvalue weighted by atomic mass is 10.1. The molecule has 1 saturated heterocycles. The SMILES string of the molecule is Cc1nc(C2CCCO2)nc(C)c1CCCNC(C)C. The molecule has 112 valence electrons. The monoisotopic (exact) mass is 277 g/mol. The zero-order chi connectivity index (χ0) is 14.5. The molecule has 1 N–H and O–H groups in total. The van der Waals surface area contributed by atoms with Gasteiger partial charge in [0.25, 0.3) is 0 Å². The zero-order valence-electron chi connectivity index (χ0n) is 13.2. The first-order valence-electron chi connectivity index (χ1n) is 7.77. The van der Waals surface area contributed by atoms with Crippen LogP contribution in [0.3, 0.4) is 0 Å². The van der Waals surface area contributed by atoms with E-state index in [1.165, 1.54) is 5.56 Å². The molecule has 20 heavy (non-hydrogen) atoms. The Kier molecular flexibility index (Phi) is 5.49. The Balaban J connectivity index is 1.99. The van der Waals surface area contributed by atoms with Gasteiger partial charge in [-0.3, -0.25) is 0 Å². The van der Waals surface area contributed by atoms with Crippen LogP contribution in [0.25, 0.3) is 0 Å². The standard InChI is InChI=1S/C16H27N3O/c1-11(2)17-9-5-7-14-12(3)18-16(19-13(14)4)15-8-6-10-20-15/h11,15,17H,5-10H2,1-4H3. The van der Waals surface area contributed by atoms with Crippen LogP contribution in [0.5, 0.6) is 0 Å². The number of rotatable bonds is 6. The smallest absolute Gasteiger partial charge is 0.157 e. The Hall–Kier alpha value is -1.00. The Morgan fingerprint density at radius 1 is 1.25 bits per heavy atom. The van der Waals surface area contributed by atoms with Crippen molar-refractivity contribution in [2.24, 2.45) is 0 Å². The van der Waals surface area contributed by atoms with Crippen molar-refractivity contribution in [2.45, 2.75) is 65.5 Å². The molecule has 0 aliphatic carbocycles. The van der Waals surface area contributed by atoms with Gasteiger partial charge in [0.15, 0.2) is 5.82 Å². The molecule has 0 amide bonds. The van der Waals surface area contributed by atoms with Crippen molar-refractivity contribution < 1.29 is 4.74 Å². The fourth-order valence-corrected chi connectivity index (χ4v) is 2.71. The van der Waals surface area contributed by atoms with Gasteiger partial charge in [0.2, 0.25) is 0 Å². The van der Waals surface area contributed by atoms with Crippen molar-refractivity contribution in [3.05, 3.63) is 22.8 Å². The van der Waals surface area contributed by atoms with E-state index in [1.807, 2.05) is 0 Å². The largest absolute Gasteiger partial charge is 0.370 e. The van der Waals surface area contributed by atoms with Crippen molar-refractivity contribution in [1.82, 2.24) is 15.3 Å². The third-order valence-corrected chi connectivity index (χ3v) is 3.81. The molecular weight excluding hydrogens is 250 g/mol. The summed E-state index contributed by atoms with van der Waals surface area (Å²) in [6.45, 7) is 10.4. The summed E-state index contributed by atoms with van der Waals surface area (Å²) in [5.74, 6) is 0.876. The maximum absolute atomic E-state index is 5.68. The first kappa shape index (κ1) is 15.4. The molecule has 1 aliphatic rings. The molecule has 4 heteroatoms. The first-order chi connectivity index (χ1) is 9.58. The average Bonchev–Trinajstić information content (AvgIpc) is 2.90. The highest BCUT2D eigenvalue weighted by molar-refractivity contribution is 5.25. The molecule has 0 aromatic carbocycles. The molecule has 2 heterocycles. The van der Waals surface area contributed by atoms with Gasteiger partial charge in [-0.05, 0) is 51.6 Å². The van der Waals surface area contributed by atoms with Crippen LogP contribution in [0.4, 0.5) is 0 Å². The van der Waals surface area contributed by atoms with Gasteiger partial charge in [-0.1, -0.05) is 13.8 Å². The number of hydrogen-bond donors (Lipinski definition) is 1. The summed E-state index contributed by atoms with van der Waals surface area (Å²) in [4.78, 5) is 9.35. The highest BCUT2D eigenvalue weighted by Crippen LogP contribution is 2.27. The quantitative estimate of drug-likeness (QED) is 0.812. The number of ether oxygens (including phenoxy) is 1.